The van der Waals surface area contributed by atoms with Crippen LogP contribution >= 0.6 is 0 Å². The van der Waals surface area contributed by atoms with Gasteiger partial charge in [0, 0.05) is 28.7 Å². The van der Waals surface area contributed by atoms with Crippen LogP contribution in [0.1, 0.15) is 10.4 Å². The number of nitrogens with one attached hydrogen (secondary N) is 3. The molecule has 0 aliphatic carbocycles. The molecule has 0 aliphatic rings. The van der Waals surface area contributed by atoms with Crippen molar-refractivity contribution in [1.29, 1.82) is 0 Å². The van der Waals surface area contributed by atoms with E-state index in [4.69, 9.17) is 4.74 Å². The van der Waals surface area contributed by atoms with E-state index in [1.165, 1.54) is 0 Å². The Morgan fingerprint density at radius 2 is 1.46 bits per heavy atom. The standard InChI is InChI=1S/C22H21N3O3/c1-28-20-12-6-9-17(14-20)23-15-21(26)24-18-10-5-11-19(13-18)25-22(27)16-7-3-2-4-8-16/h2-14,23H,15H2,1H3,(H,24,26)(H,25,27). The molecule has 3 aromatic rings. The van der Waals surface area contributed by atoms with Crippen LogP contribution in [-0.2, 0) is 4.79 Å². The Balaban J connectivity index is 1.56. The normalized spacial score (nSPS) is 10.0. The first-order valence-corrected chi connectivity index (χ1v) is 8.78. The third-order valence-corrected chi connectivity index (χ3v) is 3.96. The van der Waals surface area contributed by atoms with E-state index < -0.39 is 0 Å². The number of hydrogen-bond donors (Lipinski definition) is 3. The summed E-state index contributed by atoms with van der Waals surface area (Å²) in [6.07, 6.45) is 0. The largest absolute Gasteiger partial charge is 0.497 e. The van der Waals surface area contributed by atoms with E-state index in [9.17, 15) is 9.59 Å². The molecule has 3 rings (SSSR count). The average molecular weight is 375 g/mol. The Bertz CT molecular complexity index is 958. The molecule has 0 spiro atoms. The summed E-state index contributed by atoms with van der Waals surface area (Å²) < 4.78 is 5.16. The highest BCUT2D eigenvalue weighted by Gasteiger charge is 2.07. The fourth-order valence-electron chi connectivity index (χ4n) is 2.59. The first-order valence-electron chi connectivity index (χ1n) is 8.78. The second kappa shape index (κ2) is 9.23. The van der Waals surface area contributed by atoms with Crippen molar-refractivity contribution in [1.82, 2.24) is 0 Å². The van der Waals surface area contributed by atoms with Crippen LogP contribution in [0.2, 0.25) is 0 Å². The minimum atomic E-state index is -0.205. The quantitative estimate of drug-likeness (QED) is 0.583. The molecule has 0 aliphatic heterocycles. The molecule has 0 radical (unpaired) electrons. The van der Waals surface area contributed by atoms with Gasteiger partial charge in [-0.1, -0.05) is 30.3 Å². The lowest BCUT2D eigenvalue weighted by Crippen LogP contribution is -2.21. The molecular formula is C22H21N3O3. The molecule has 6 nitrogen and oxygen atoms in total. The van der Waals surface area contributed by atoms with Crippen LogP contribution in [0.4, 0.5) is 17.1 Å². The topological polar surface area (TPSA) is 79.5 Å². The number of amides is 2. The van der Waals surface area contributed by atoms with Gasteiger partial charge in [-0.25, -0.2) is 0 Å². The lowest BCUT2D eigenvalue weighted by molar-refractivity contribution is -0.114. The smallest absolute Gasteiger partial charge is 0.255 e. The summed E-state index contributed by atoms with van der Waals surface area (Å²) in [5.74, 6) is 0.311. The Morgan fingerprint density at radius 1 is 0.786 bits per heavy atom. The van der Waals surface area contributed by atoms with E-state index in [1.807, 2.05) is 30.3 Å². The van der Waals surface area contributed by atoms with Gasteiger partial charge in [0.05, 0.1) is 13.7 Å². The van der Waals surface area contributed by atoms with Crippen LogP contribution in [0, 0.1) is 0 Å². The Kier molecular flexibility index (Phi) is 6.25. The summed E-state index contributed by atoms with van der Waals surface area (Å²) in [6, 6.07) is 23.3. The van der Waals surface area contributed by atoms with Crippen LogP contribution in [0.5, 0.6) is 5.75 Å². The van der Waals surface area contributed by atoms with Gasteiger partial charge >= 0.3 is 0 Å². The molecule has 142 valence electrons. The van der Waals surface area contributed by atoms with Gasteiger partial charge in [0.25, 0.3) is 5.91 Å². The molecule has 2 amide bonds. The Hall–Kier alpha value is -3.80. The van der Waals surface area contributed by atoms with Crippen molar-refractivity contribution in [2.45, 2.75) is 0 Å². The van der Waals surface area contributed by atoms with Gasteiger partial charge in [0.2, 0.25) is 5.91 Å². The van der Waals surface area contributed by atoms with E-state index in [0.29, 0.717) is 22.7 Å². The number of anilines is 3. The van der Waals surface area contributed by atoms with Crippen molar-refractivity contribution in [3.63, 3.8) is 0 Å². The average Bonchev–Trinajstić information content (AvgIpc) is 2.73. The van der Waals surface area contributed by atoms with Crippen molar-refractivity contribution < 1.29 is 14.3 Å². The molecule has 0 heterocycles. The highest BCUT2D eigenvalue weighted by molar-refractivity contribution is 6.04. The van der Waals surface area contributed by atoms with Crippen molar-refractivity contribution in [3.8, 4) is 5.75 Å². The zero-order chi connectivity index (χ0) is 19.8. The van der Waals surface area contributed by atoms with Crippen LogP contribution in [0.3, 0.4) is 0 Å². The molecule has 0 saturated carbocycles. The predicted octanol–water partition coefficient (Wildman–Crippen LogP) is 4.00. The van der Waals surface area contributed by atoms with Crippen molar-refractivity contribution in [3.05, 3.63) is 84.4 Å². The molecule has 6 heteroatoms. The van der Waals surface area contributed by atoms with Gasteiger partial charge in [-0.2, -0.15) is 0 Å². The number of rotatable bonds is 7. The lowest BCUT2D eigenvalue weighted by Gasteiger charge is -2.10. The number of methoxy groups -OCH3 is 1. The highest BCUT2D eigenvalue weighted by Crippen LogP contribution is 2.18. The van der Waals surface area contributed by atoms with Crippen LogP contribution < -0.4 is 20.7 Å². The van der Waals surface area contributed by atoms with Gasteiger partial charge in [0.1, 0.15) is 5.75 Å². The minimum Gasteiger partial charge on any atom is -0.497 e. The third-order valence-electron chi connectivity index (χ3n) is 3.96. The number of hydrogen-bond acceptors (Lipinski definition) is 4. The number of benzene rings is 3. The van der Waals surface area contributed by atoms with Crippen LogP contribution in [0.15, 0.2) is 78.9 Å². The van der Waals surface area contributed by atoms with Gasteiger partial charge in [-0.05, 0) is 42.5 Å². The number of carbonyl (C=O) groups is 2. The van der Waals surface area contributed by atoms with E-state index in [-0.39, 0.29) is 18.4 Å². The SMILES string of the molecule is COc1cccc(NCC(=O)Nc2cccc(NC(=O)c3ccccc3)c2)c1. The van der Waals surface area contributed by atoms with Gasteiger partial charge < -0.3 is 20.7 Å². The zero-order valence-electron chi connectivity index (χ0n) is 15.4. The molecular weight excluding hydrogens is 354 g/mol. The molecule has 28 heavy (non-hydrogen) atoms. The second-order valence-electron chi connectivity index (χ2n) is 6.03. The van der Waals surface area contributed by atoms with Crippen molar-refractivity contribution in [2.24, 2.45) is 0 Å². The summed E-state index contributed by atoms with van der Waals surface area (Å²) in [7, 11) is 1.59. The second-order valence-corrected chi connectivity index (χ2v) is 6.03. The van der Waals surface area contributed by atoms with Crippen LogP contribution in [0.25, 0.3) is 0 Å². The third kappa shape index (κ3) is 5.35. The highest BCUT2D eigenvalue weighted by atomic mass is 16.5. The van der Waals surface area contributed by atoms with Crippen molar-refractivity contribution >= 4 is 28.9 Å². The Labute approximate surface area is 163 Å². The molecule has 3 N–H and O–H groups in total. The lowest BCUT2D eigenvalue weighted by atomic mass is 10.2. The number of ether oxygens (including phenoxy) is 1. The maximum atomic E-state index is 12.2. The first-order chi connectivity index (χ1) is 13.6. The summed E-state index contributed by atoms with van der Waals surface area (Å²) in [6.45, 7) is 0.105. The summed E-state index contributed by atoms with van der Waals surface area (Å²) >= 11 is 0. The zero-order valence-corrected chi connectivity index (χ0v) is 15.4. The minimum absolute atomic E-state index is 0.105. The first kappa shape index (κ1) is 19.0. The van der Waals surface area contributed by atoms with Gasteiger partial charge in [0.15, 0.2) is 0 Å². The van der Waals surface area contributed by atoms with Crippen molar-refractivity contribution in [2.75, 3.05) is 29.6 Å². The molecule has 3 aromatic carbocycles. The molecule has 0 unspecified atom stereocenters. The molecule has 0 aromatic heterocycles. The molecule has 0 fully saturated rings. The van der Waals surface area contributed by atoms with Gasteiger partial charge in [-0.15, -0.1) is 0 Å². The van der Waals surface area contributed by atoms with Gasteiger partial charge in [-0.3, -0.25) is 9.59 Å². The summed E-state index contributed by atoms with van der Waals surface area (Å²) in [4.78, 5) is 24.4. The fraction of sp³-hybridized carbons (Fsp3) is 0.0909. The summed E-state index contributed by atoms with van der Waals surface area (Å²) in [5, 5.41) is 8.68. The van der Waals surface area contributed by atoms with E-state index in [1.54, 1.807) is 55.6 Å². The molecule has 0 atom stereocenters. The summed E-state index contributed by atoms with van der Waals surface area (Å²) in [5.41, 5.74) is 2.56. The Morgan fingerprint density at radius 3 is 2.21 bits per heavy atom. The van der Waals surface area contributed by atoms with E-state index in [0.717, 1.165) is 5.69 Å². The molecule has 0 bridgehead atoms. The maximum Gasteiger partial charge on any atom is 0.255 e. The fourth-order valence-corrected chi connectivity index (χ4v) is 2.59. The molecule has 0 saturated heterocycles. The van der Waals surface area contributed by atoms with E-state index in [2.05, 4.69) is 16.0 Å². The number of carbonyl (C=O) groups excluding carboxylic acids is 2. The monoisotopic (exact) mass is 375 g/mol. The maximum absolute atomic E-state index is 12.2. The van der Waals surface area contributed by atoms with E-state index >= 15 is 0 Å². The predicted molar refractivity (Wildman–Crippen MR) is 111 cm³/mol. The van der Waals surface area contributed by atoms with Crippen LogP contribution in [-0.4, -0.2) is 25.5 Å².